The maximum absolute atomic E-state index is 13.5. The first-order valence-electron chi connectivity index (χ1n) is 9.87. The van der Waals surface area contributed by atoms with Crippen LogP contribution >= 0.6 is 0 Å². The summed E-state index contributed by atoms with van der Waals surface area (Å²) in [6, 6.07) is 15.6. The number of hydrogen-bond acceptors (Lipinski definition) is 9. The number of nitrogens with one attached hydrogen (secondary N) is 1. The van der Waals surface area contributed by atoms with E-state index in [0.717, 1.165) is 0 Å². The lowest BCUT2D eigenvalue weighted by Gasteiger charge is -2.15. The number of para-hydroxylation sites is 1. The Balaban J connectivity index is 1.79. The van der Waals surface area contributed by atoms with Crippen LogP contribution in [0.2, 0.25) is 0 Å². The van der Waals surface area contributed by atoms with E-state index in [1.165, 1.54) is 10.6 Å². The molecule has 0 atom stereocenters. The fourth-order valence-electron chi connectivity index (χ4n) is 3.52. The quantitative estimate of drug-likeness (QED) is 0.337. The van der Waals surface area contributed by atoms with Gasteiger partial charge in [-0.1, -0.05) is 24.3 Å². The Morgan fingerprint density at radius 3 is 2.52 bits per heavy atom. The van der Waals surface area contributed by atoms with Gasteiger partial charge in [0.2, 0.25) is 11.9 Å². The monoisotopic (exact) mass is 441 g/mol. The summed E-state index contributed by atoms with van der Waals surface area (Å²) >= 11 is 0. The molecule has 0 unspecified atom stereocenters. The highest BCUT2D eigenvalue weighted by Crippen LogP contribution is 2.20. The minimum absolute atomic E-state index is 0.0310. The van der Waals surface area contributed by atoms with Crippen LogP contribution in [0.1, 0.15) is 21.7 Å². The summed E-state index contributed by atoms with van der Waals surface area (Å²) in [6.07, 6.45) is 0.273. The van der Waals surface area contributed by atoms with Crippen molar-refractivity contribution in [1.82, 2.24) is 19.5 Å². The number of carbonyl (C=O) groups excluding carboxylic acids is 1. The molecule has 2 aromatic carbocycles. The third-order valence-corrected chi connectivity index (χ3v) is 4.95. The van der Waals surface area contributed by atoms with Crippen LogP contribution in [-0.4, -0.2) is 32.0 Å². The van der Waals surface area contributed by atoms with Crippen molar-refractivity contribution in [2.24, 2.45) is 5.73 Å². The number of fused-ring (bicyclic) bond motifs is 1. The van der Waals surface area contributed by atoms with E-state index in [9.17, 15) is 14.9 Å². The molecule has 164 valence electrons. The second-order valence-electron chi connectivity index (χ2n) is 7.05. The maximum Gasteiger partial charge on any atom is 0.266 e. The van der Waals surface area contributed by atoms with Crippen LogP contribution < -0.4 is 28.1 Å². The molecule has 0 saturated carbocycles. The first-order chi connectivity index (χ1) is 15.9. The molecule has 0 aliphatic carbocycles. The van der Waals surface area contributed by atoms with Crippen molar-refractivity contribution in [2.75, 3.05) is 23.3 Å². The van der Waals surface area contributed by atoms with Crippen LogP contribution in [0.3, 0.4) is 0 Å². The number of nitrogens with two attached hydrogens (primary N) is 3. The summed E-state index contributed by atoms with van der Waals surface area (Å²) in [7, 11) is 0. The lowest BCUT2D eigenvalue weighted by Crippen LogP contribution is -2.27. The van der Waals surface area contributed by atoms with Gasteiger partial charge >= 0.3 is 0 Å². The Kier molecular flexibility index (Phi) is 5.56. The average molecular weight is 441 g/mol. The van der Waals surface area contributed by atoms with Crippen LogP contribution in [0.25, 0.3) is 16.6 Å². The van der Waals surface area contributed by atoms with Crippen molar-refractivity contribution in [1.29, 1.82) is 5.26 Å². The maximum atomic E-state index is 13.5. The smallest absolute Gasteiger partial charge is 0.266 e. The highest BCUT2D eigenvalue weighted by Gasteiger charge is 2.18. The molecule has 0 radical (unpaired) electrons. The van der Waals surface area contributed by atoms with Crippen LogP contribution in [0.4, 0.5) is 17.6 Å². The molecule has 0 saturated heterocycles. The Labute approximate surface area is 187 Å². The summed E-state index contributed by atoms with van der Waals surface area (Å²) in [6.45, 7) is 0.255. The van der Waals surface area contributed by atoms with Gasteiger partial charge in [0.1, 0.15) is 23.3 Å². The van der Waals surface area contributed by atoms with E-state index in [4.69, 9.17) is 17.2 Å². The molecule has 0 fully saturated rings. The van der Waals surface area contributed by atoms with Gasteiger partial charge in [-0.3, -0.25) is 14.2 Å². The molecular formula is C22H19N9O2. The van der Waals surface area contributed by atoms with Crippen molar-refractivity contribution in [3.63, 3.8) is 0 Å². The highest BCUT2D eigenvalue weighted by molar-refractivity contribution is 6.05. The fourth-order valence-corrected chi connectivity index (χ4v) is 3.52. The first kappa shape index (κ1) is 21.3. The van der Waals surface area contributed by atoms with E-state index in [1.807, 2.05) is 12.1 Å². The summed E-state index contributed by atoms with van der Waals surface area (Å²) in [5.41, 5.74) is 17.6. The van der Waals surface area contributed by atoms with Gasteiger partial charge in [0.25, 0.3) is 5.56 Å². The largest absolute Gasteiger partial charge is 0.382 e. The number of nitrogens with zero attached hydrogens (tertiary/aromatic N) is 5. The number of hydrogen-bond donors (Lipinski definition) is 4. The predicted molar refractivity (Wildman–Crippen MR) is 124 cm³/mol. The molecule has 11 nitrogen and oxygen atoms in total. The van der Waals surface area contributed by atoms with E-state index in [-0.39, 0.29) is 47.1 Å². The van der Waals surface area contributed by atoms with Crippen molar-refractivity contribution < 1.29 is 4.79 Å². The van der Waals surface area contributed by atoms with Crippen LogP contribution in [0.5, 0.6) is 0 Å². The van der Waals surface area contributed by atoms with E-state index >= 15 is 0 Å². The zero-order valence-electron chi connectivity index (χ0n) is 17.3. The molecule has 2 heterocycles. The van der Waals surface area contributed by atoms with Gasteiger partial charge < -0.3 is 22.5 Å². The van der Waals surface area contributed by atoms with E-state index in [1.54, 1.807) is 36.4 Å². The zero-order chi connectivity index (χ0) is 23.5. The molecule has 0 aliphatic rings. The average Bonchev–Trinajstić information content (AvgIpc) is 2.79. The van der Waals surface area contributed by atoms with Gasteiger partial charge in [-0.15, -0.1) is 0 Å². The minimum atomic E-state index is -0.712. The molecule has 0 spiro atoms. The second kappa shape index (κ2) is 8.64. The van der Waals surface area contributed by atoms with Gasteiger partial charge in [-0.05, 0) is 24.3 Å². The minimum Gasteiger partial charge on any atom is -0.382 e. The predicted octanol–water partition coefficient (Wildman–Crippen LogP) is 0.965. The SMILES string of the molecule is N#Cc1c(N)nc(N)nc1NCCc1nc2cccc(C(N)=O)c2c(=O)n1-c1ccccc1. The van der Waals surface area contributed by atoms with E-state index in [2.05, 4.69) is 20.3 Å². The molecule has 33 heavy (non-hydrogen) atoms. The van der Waals surface area contributed by atoms with Crippen molar-refractivity contribution >= 4 is 34.4 Å². The molecule has 4 aromatic rings. The number of carbonyl (C=O) groups is 1. The van der Waals surface area contributed by atoms with Crippen molar-refractivity contribution in [3.8, 4) is 11.8 Å². The third-order valence-electron chi connectivity index (χ3n) is 4.95. The number of rotatable bonds is 6. The number of benzene rings is 2. The summed E-state index contributed by atoms with van der Waals surface area (Å²) in [4.78, 5) is 37.9. The topological polar surface area (TPSA) is 192 Å². The Morgan fingerprint density at radius 1 is 1.06 bits per heavy atom. The second-order valence-corrected chi connectivity index (χ2v) is 7.05. The van der Waals surface area contributed by atoms with Crippen LogP contribution in [0, 0.1) is 11.3 Å². The number of primary amides is 1. The Morgan fingerprint density at radius 2 is 1.82 bits per heavy atom. The fraction of sp³-hybridized carbons (Fsp3) is 0.0909. The first-order valence-corrected chi connectivity index (χ1v) is 9.87. The molecule has 4 rings (SSSR count). The number of anilines is 3. The molecule has 2 aromatic heterocycles. The highest BCUT2D eigenvalue weighted by atomic mass is 16.1. The Hall–Kier alpha value is -4.98. The zero-order valence-corrected chi connectivity index (χ0v) is 17.3. The van der Waals surface area contributed by atoms with Gasteiger partial charge in [-0.25, -0.2) is 4.98 Å². The van der Waals surface area contributed by atoms with Crippen molar-refractivity contribution in [3.05, 3.63) is 75.8 Å². The molecule has 11 heteroatoms. The molecule has 0 bridgehead atoms. The molecule has 7 N–H and O–H groups in total. The van der Waals surface area contributed by atoms with Crippen LogP contribution in [0.15, 0.2) is 53.3 Å². The third kappa shape index (κ3) is 4.00. The van der Waals surface area contributed by atoms with Gasteiger partial charge in [0, 0.05) is 13.0 Å². The molecular weight excluding hydrogens is 422 g/mol. The number of nitrogen functional groups attached to an aromatic ring is 2. The summed E-state index contributed by atoms with van der Waals surface area (Å²) in [5, 5.41) is 12.5. The van der Waals surface area contributed by atoms with Gasteiger partial charge in [-0.2, -0.15) is 15.2 Å². The standard InChI is InChI=1S/C22H19N9O2/c23-11-14-18(24)29-22(26)30-20(14)27-10-9-16-28-15-8-4-7-13(19(25)32)17(15)21(33)31(16)12-5-2-1-3-6-12/h1-8H,9-10H2,(H2,25,32)(H5,24,26,27,29,30). The van der Waals surface area contributed by atoms with Crippen molar-refractivity contribution in [2.45, 2.75) is 6.42 Å². The Bertz CT molecular complexity index is 1470. The summed E-state index contributed by atoms with van der Waals surface area (Å²) in [5.74, 6) is -0.194. The number of nitriles is 1. The van der Waals surface area contributed by atoms with Gasteiger partial charge in [0.05, 0.1) is 22.2 Å². The summed E-state index contributed by atoms with van der Waals surface area (Å²) < 4.78 is 1.43. The van der Waals surface area contributed by atoms with Gasteiger partial charge in [0.15, 0.2) is 5.82 Å². The number of aromatic nitrogens is 4. The number of amides is 1. The van der Waals surface area contributed by atoms with Crippen LogP contribution in [-0.2, 0) is 6.42 Å². The normalized spacial score (nSPS) is 10.6. The van der Waals surface area contributed by atoms with E-state index < -0.39 is 11.5 Å². The molecule has 0 aliphatic heterocycles. The van der Waals surface area contributed by atoms with E-state index in [0.29, 0.717) is 17.0 Å². The molecule has 1 amide bonds. The lowest BCUT2D eigenvalue weighted by atomic mass is 10.1. The lowest BCUT2D eigenvalue weighted by molar-refractivity contribution is 0.100.